The minimum atomic E-state index is -3.74. The van der Waals surface area contributed by atoms with Crippen molar-refractivity contribution in [3.63, 3.8) is 0 Å². The number of nitrogens with zero attached hydrogens (tertiary/aromatic N) is 1. The molecule has 2 aromatic rings. The number of anilines is 2. The van der Waals surface area contributed by atoms with Gasteiger partial charge in [-0.1, -0.05) is 6.92 Å². The summed E-state index contributed by atoms with van der Waals surface area (Å²) in [6, 6.07) is 8.76. The van der Waals surface area contributed by atoms with Crippen molar-refractivity contribution >= 4 is 39.2 Å². The number of aromatic carboxylic acids is 1. The Morgan fingerprint density at radius 3 is 2.25 bits per heavy atom. The summed E-state index contributed by atoms with van der Waals surface area (Å²) in [5, 5.41) is 21.2. The molecule has 28 heavy (non-hydrogen) atoms. The molecule has 1 heterocycles. The second kappa shape index (κ2) is 6.97. The van der Waals surface area contributed by atoms with Gasteiger partial charge in [0, 0.05) is 5.56 Å². The van der Waals surface area contributed by atoms with Crippen LogP contribution < -0.4 is 9.62 Å². The first-order chi connectivity index (χ1) is 13.1. The van der Waals surface area contributed by atoms with Crippen molar-refractivity contribution < 1.29 is 33.0 Å². The van der Waals surface area contributed by atoms with Gasteiger partial charge in [0.15, 0.2) is 0 Å². The number of benzene rings is 2. The number of carboxylic acid groups (broad SMARTS) is 1. The summed E-state index contributed by atoms with van der Waals surface area (Å²) in [4.78, 5) is 35.5. The smallest absolute Gasteiger partial charge is 0.335 e. The summed E-state index contributed by atoms with van der Waals surface area (Å²) in [5.74, 6) is -3.62. The third-order valence-corrected chi connectivity index (χ3v) is 6.08. The van der Waals surface area contributed by atoms with Crippen molar-refractivity contribution in [2.24, 2.45) is 5.92 Å². The fourth-order valence-corrected chi connectivity index (χ4v) is 4.62. The highest BCUT2D eigenvalue weighted by Gasteiger charge is 2.41. The molecule has 1 aliphatic rings. The SMILES string of the molecule is CC1CS(=O)(=O)N(c2ccc(C(=O)Nc3cc(C(=O)O)ccc3O)cc2)C1=O. The van der Waals surface area contributed by atoms with Crippen LogP contribution in [-0.2, 0) is 14.8 Å². The maximum atomic E-state index is 12.4. The number of phenolic OH excluding ortho intramolecular Hbond substituents is 1. The quantitative estimate of drug-likeness (QED) is 0.658. The van der Waals surface area contributed by atoms with Gasteiger partial charge in [-0.3, -0.25) is 9.59 Å². The molecule has 1 saturated heterocycles. The molecule has 0 radical (unpaired) electrons. The molecule has 3 rings (SSSR count). The number of rotatable bonds is 4. The van der Waals surface area contributed by atoms with E-state index in [9.17, 15) is 27.9 Å². The van der Waals surface area contributed by atoms with Gasteiger partial charge in [-0.15, -0.1) is 0 Å². The Morgan fingerprint density at radius 2 is 1.71 bits per heavy atom. The van der Waals surface area contributed by atoms with E-state index in [1.54, 1.807) is 0 Å². The summed E-state index contributed by atoms with van der Waals surface area (Å²) in [5.41, 5.74) is 0.0537. The van der Waals surface area contributed by atoms with Crippen molar-refractivity contribution in [1.29, 1.82) is 0 Å². The number of carbonyl (C=O) groups excluding carboxylic acids is 2. The van der Waals surface area contributed by atoms with Crippen molar-refractivity contribution in [3.05, 3.63) is 53.6 Å². The molecular weight excluding hydrogens is 388 g/mol. The van der Waals surface area contributed by atoms with Gasteiger partial charge in [0.1, 0.15) is 5.75 Å². The lowest BCUT2D eigenvalue weighted by Gasteiger charge is -2.15. The fourth-order valence-electron chi connectivity index (χ4n) is 2.80. The van der Waals surface area contributed by atoms with E-state index < -0.39 is 33.7 Å². The second-order valence-electron chi connectivity index (χ2n) is 6.32. The lowest BCUT2D eigenvalue weighted by atomic mass is 10.1. The van der Waals surface area contributed by atoms with Crippen LogP contribution in [0.2, 0.25) is 0 Å². The fraction of sp³-hybridized carbons (Fsp3) is 0.167. The Labute approximate surface area is 160 Å². The molecule has 0 aliphatic carbocycles. The van der Waals surface area contributed by atoms with Gasteiger partial charge < -0.3 is 15.5 Å². The minimum absolute atomic E-state index is 0.0832. The van der Waals surface area contributed by atoms with Crippen LogP contribution >= 0.6 is 0 Å². The average molecular weight is 404 g/mol. The van der Waals surface area contributed by atoms with Crippen molar-refractivity contribution in [3.8, 4) is 5.75 Å². The number of hydrogen-bond donors (Lipinski definition) is 3. The predicted octanol–water partition coefficient (Wildman–Crippen LogP) is 1.66. The summed E-state index contributed by atoms with van der Waals surface area (Å²) in [6.45, 7) is 1.53. The van der Waals surface area contributed by atoms with Gasteiger partial charge in [0.05, 0.1) is 28.6 Å². The van der Waals surface area contributed by atoms with Gasteiger partial charge in [0.2, 0.25) is 15.9 Å². The summed E-state index contributed by atoms with van der Waals surface area (Å²) >= 11 is 0. The number of carbonyl (C=O) groups is 3. The molecule has 1 atom stereocenters. The van der Waals surface area contributed by atoms with Crippen molar-refractivity contribution in [1.82, 2.24) is 0 Å². The highest BCUT2D eigenvalue weighted by Crippen LogP contribution is 2.29. The molecule has 10 heteroatoms. The number of nitrogens with one attached hydrogen (secondary N) is 1. The first kappa shape index (κ1) is 19.4. The highest BCUT2D eigenvalue weighted by molar-refractivity contribution is 7.94. The molecule has 3 N–H and O–H groups in total. The largest absolute Gasteiger partial charge is 0.506 e. The molecule has 2 aromatic carbocycles. The molecule has 146 valence electrons. The monoisotopic (exact) mass is 404 g/mol. The lowest BCUT2D eigenvalue weighted by Crippen LogP contribution is -2.30. The van der Waals surface area contributed by atoms with E-state index in [1.165, 1.54) is 37.3 Å². The third kappa shape index (κ3) is 3.54. The first-order valence-electron chi connectivity index (χ1n) is 8.15. The van der Waals surface area contributed by atoms with Crippen LogP contribution in [-0.4, -0.2) is 42.2 Å². The van der Waals surface area contributed by atoms with E-state index in [0.29, 0.717) is 0 Å². The Morgan fingerprint density at radius 1 is 1.11 bits per heavy atom. The maximum absolute atomic E-state index is 12.4. The van der Waals surface area contributed by atoms with Crippen LogP contribution in [0.5, 0.6) is 5.75 Å². The number of amides is 2. The van der Waals surface area contributed by atoms with Crippen molar-refractivity contribution in [2.75, 3.05) is 15.4 Å². The van der Waals surface area contributed by atoms with E-state index in [0.717, 1.165) is 16.4 Å². The number of carboxylic acids is 1. The zero-order chi connectivity index (χ0) is 20.6. The standard InChI is InChI=1S/C18H16N2O7S/c1-10-9-28(26,27)20(17(10)23)13-5-2-11(3-6-13)16(22)19-14-8-12(18(24)25)4-7-15(14)21/h2-8,10,21H,9H2,1H3,(H,19,22)(H,24,25). The topological polar surface area (TPSA) is 141 Å². The summed E-state index contributed by atoms with van der Waals surface area (Å²) < 4.78 is 25.0. The third-order valence-electron chi connectivity index (χ3n) is 4.22. The van der Waals surface area contributed by atoms with Gasteiger partial charge in [-0.25, -0.2) is 17.5 Å². The van der Waals surface area contributed by atoms with E-state index >= 15 is 0 Å². The molecule has 0 spiro atoms. The number of phenols is 1. The average Bonchev–Trinajstić information content (AvgIpc) is 2.83. The van der Waals surface area contributed by atoms with E-state index in [1.807, 2.05) is 0 Å². The molecule has 0 bridgehead atoms. The molecule has 1 aliphatic heterocycles. The van der Waals surface area contributed by atoms with E-state index in [2.05, 4.69) is 5.32 Å². The molecule has 0 aromatic heterocycles. The van der Waals surface area contributed by atoms with Crippen LogP contribution in [0.25, 0.3) is 0 Å². The van der Waals surface area contributed by atoms with Gasteiger partial charge in [-0.2, -0.15) is 0 Å². The van der Waals surface area contributed by atoms with Crippen LogP contribution in [0.4, 0.5) is 11.4 Å². The highest BCUT2D eigenvalue weighted by atomic mass is 32.2. The molecule has 0 saturated carbocycles. The van der Waals surface area contributed by atoms with Crippen LogP contribution in [0.15, 0.2) is 42.5 Å². The minimum Gasteiger partial charge on any atom is -0.506 e. The lowest BCUT2D eigenvalue weighted by molar-refractivity contribution is -0.119. The molecular formula is C18H16N2O7S. The van der Waals surface area contributed by atoms with E-state index in [4.69, 9.17) is 5.11 Å². The molecule has 9 nitrogen and oxygen atoms in total. The van der Waals surface area contributed by atoms with Crippen LogP contribution in [0, 0.1) is 5.92 Å². The number of aromatic hydroxyl groups is 1. The van der Waals surface area contributed by atoms with Crippen LogP contribution in [0.1, 0.15) is 27.6 Å². The second-order valence-corrected chi connectivity index (χ2v) is 8.18. The molecule has 1 unspecified atom stereocenters. The summed E-state index contributed by atoms with van der Waals surface area (Å²) in [6.07, 6.45) is 0. The Hall–Kier alpha value is -3.40. The molecule has 1 fully saturated rings. The summed E-state index contributed by atoms with van der Waals surface area (Å²) in [7, 11) is -3.74. The van der Waals surface area contributed by atoms with Crippen LogP contribution in [0.3, 0.4) is 0 Å². The van der Waals surface area contributed by atoms with Gasteiger partial charge in [-0.05, 0) is 42.5 Å². The van der Waals surface area contributed by atoms with Gasteiger partial charge >= 0.3 is 5.97 Å². The Kier molecular flexibility index (Phi) is 4.82. The number of hydrogen-bond acceptors (Lipinski definition) is 6. The zero-order valence-electron chi connectivity index (χ0n) is 14.6. The molecule has 2 amide bonds. The predicted molar refractivity (Wildman–Crippen MR) is 99.9 cm³/mol. The Balaban J connectivity index is 1.83. The zero-order valence-corrected chi connectivity index (χ0v) is 15.4. The first-order valence-corrected chi connectivity index (χ1v) is 9.75. The number of sulfonamides is 1. The van der Waals surface area contributed by atoms with Crippen molar-refractivity contribution in [2.45, 2.75) is 6.92 Å². The van der Waals surface area contributed by atoms with Gasteiger partial charge in [0.25, 0.3) is 5.91 Å². The normalized spacial score (nSPS) is 18.1. The Bertz CT molecular complexity index is 1080. The maximum Gasteiger partial charge on any atom is 0.335 e. The van der Waals surface area contributed by atoms with E-state index in [-0.39, 0.29) is 34.0 Å².